The lowest BCUT2D eigenvalue weighted by Gasteiger charge is -2.11. The zero-order valence-corrected chi connectivity index (χ0v) is 18.1. The molecule has 0 spiro atoms. The van der Waals surface area contributed by atoms with Crippen molar-refractivity contribution in [3.63, 3.8) is 0 Å². The Morgan fingerprint density at radius 2 is 1.96 bits per heavy atom. The van der Waals surface area contributed by atoms with Crippen LogP contribution in [0, 0.1) is 13.8 Å². The minimum absolute atomic E-state index is 0.0335. The molecule has 0 aliphatic heterocycles. The quantitative estimate of drug-likeness (QED) is 0.327. The van der Waals surface area contributed by atoms with Crippen molar-refractivity contribution in [2.45, 2.75) is 37.4 Å². The Labute approximate surface area is 173 Å². The van der Waals surface area contributed by atoms with Gasteiger partial charge in [0.05, 0.1) is 5.75 Å². The third-order valence-corrected chi connectivity index (χ3v) is 6.28. The van der Waals surface area contributed by atoms with Gasteiger partial charge in [-0.2, -0.15) is 4.98 Å². The molecule has 0 unspecified atom stereocenters. The molecule has 28 heavy (non-hydrogen) atoms. The first-order valence-electron chi connectivity index (χ1n) is 9.01. The Morgan fingerprint density at radius 3 is 2.68 bits per heavy atom. The number of carbonyl (C=O) groups excluding carboxylic acids is 1. The smallest absolute Gasteiger partial charge is 0.273 e. The topological polar surface area (TPSA) is 56.9 Å². The molecule has 2 aromatic heterocycles. The molecule has 5 nitrogen and oxygen atoms in total. The summed E-state index contributed by atoms with van der Waals surface area (Å²) in [7, 11) is 0. The van der Waals surface area contributed by atoms with Crippen molar-refractivity contribution in [2.24, 2.45) is 0 Å². The molecular weight excluding hydrogens is 390 g/mol. The molecule has 0 aliphatic rings. The summed E-state index contributed by atoms with van der Waals surface area (Å²) in [5.74, 6) is 0.275. The highest BCUT2D eigenvalue weighted by molar-refractivity contribution is 7.99. The number of nitrogens with zero attached hydrogens (tertiary/aromatic N) is 3. The molecule has 0 saturated heterocycles. The van der Waals surface area contributed by atoms with E-state index in [9.17, 15) is 9.59 Å². The fraction of sp³-hybridized carbons (Fsp3) is 0.286. The first-order chi connectivity index (χ1) is 13.4. The van der Waals surface area contributed by atoms with E-state index in [1.54, 1.807) is 18.0 Å². The number of hydrogen-bond acceptors (Lipinski definition) is 5. The van der Waals surface area contributed by atoms with E-state index in [0.717, 1.165) is 17.1 Å². The van der Waals surface area contributed by atoms with Crippen molar-refractivity contribution in [1.29, 1.82) is 0 Å². The van der Waals surface area contributed by atoms with Crippen molar-refractivity contribution >= 4 is 29.3 Å². The number of Topliss-reactive ketones (excluding diaryl/α,β-unsaturated/α-hetero) is 1. The Hall–Kier alpha value is -2.25. The van der Waals surface area contributed by atoms with Crippen LogP contribution >= 0.6 is 23.5 Å². The molecule has 0 atom stereocenters. The van der Waals surface area contributed by atoms with Gasteiger partial charge in [0, 0.05) is 46.3 Å². The molecule has 0 fully saturated rings. The van der Waals surface area contributed by atoms with Crippen LogP contribution in [-0.4, -0.2) is 31.9 Å². The molecule has 7 heteroatoms. The lowest BCUT2D eigenvalue weighted by atomic mass is 10.2. The number of aromatic nitrogens is 3. The maximum atomic E-state index is 12.9. The molecule has 2 heterocycles. The van der Waals surface area contributed by atoms with E-state index in [4.69, 9.17) is 0 Å². The van der Waals surface area contributed by atoms with Gasteiger partial charge in [-0.15, -0.1) is 11.8 Å². The molecule has 0 aliphatic carbocycles. The summed E-state index contributed by atoms with van der Waals surface area (Å²) in [6.07, 6.45) is 3.76. The van der Waals surface area contributed by atoms with Crippen LogP contribution in [0.1, 0.15) is 28.7 Å². The standard InChI is InChI=1S/C21H23N3O2S2/c1-5-23-10-9-20(26)22-21(23)28-13-19(25)18-11-14(2)24(15(18)3)16-7-6-8-17(12-16)27-4/h6-12H,5,13H2,1-4H3. The van der Waals surface area contributed by atoms with Crippen molar-refractivity contribution in [1.82, 2.24) is 14.1 Å². The lowest BCUT2D eigenvalue weighted by molar-refractivity contribution is 0.102. The van der Waals surface area contributed by atoms with Crippen molar-refractivity contribution in [3.8, 4) is 5.69 Å². The minimum atomic E-state index is -0.286. The largest absolute Gasteiger partial charge is 0.328 e. The first-order valence-corrected chi connectivity index (χ1v) is 11.2. The summed E-state index contributed by atoms with van der Waals surface area (Å²) >= 11 is 3.00. The van der Waals surface area contributed by atoms with Crippen LogP contribution in [0.5, 0.6) is 0 Å². The third-order valence-electron chi connectivity index (χ3n) is 4.56. The van der Waals surface area contributed by atoms with E-state index in [-0.39, 0.29) is 17.1 Å². The molecule has 0 radical (unpaired) electrons. The SMILES string of the molecule is CCn1ccc(=O)nc1SCC(=O)c1cc(C)n(-c2cccc(SC)c2)c1C. The first kappa shape index (κ1) is 20.5. The lowest BCUT2D eigenvalue weighted by Crippen LogP contribution is -2.14. The van der Waals surface area contributed by atoms with Crippen molar-refractivity contribution in [3.05, 3.63) is 69.9 Å². The van der Waals surface area contributed by atoms with E-state index in [2.05, 4.69) is 27.8 Å². The number of ketones is 1. The Balaban J connectivity index is 1.85. The molecular formula is C21H23N3O2S2. The van der Waals surface area contributed by atoms with Crippen LogP contribution in [0.4, 0.5) is 0 Å². The highest BCUT2D eigenvalue weighted by Crippen LogP contribution is 2.26. The number of rotatable bonds is 7. The van der Waals surface area contributed by atoms with Gasteiger partial charge >= 0.3 is 0 Å². The molecule has 1 aromatic carbocycles. The molecule has 3 aromatic rings. The summed E-state index contributed by atoms with van der Waals surface area (Å²) in [4.78, 5) is 29.7. The second-order valence-corrected chi connectivity index (χ2v) is 8.19. The maximum Gasteiger partial charge on any atom is 0.273 e. The zero-order chi connectivity index (χ0) is 20.3. The van der Waals surface area contributed by atoms with Crippen LogP contribution in [0.15, 0.2) is 57.4 Å². The predicted molar refractivity (Wildman–Crippen MR) is 116 cm³/mol. The van der Waals surface area contributed by atoms with Gasteiger partial charge in [0.15, 0.2) is 10.9 Å². The summed E-state index contributed by atoms with van der Waals surface area (Å²) in [6, 6.07) is 11.7. The van der Waals surface area contributed by atoms with Gasteiger partial charge in [-0.3, -0.25) is 9.59 Å². The summed E-state index contributed by atoms with van der Waals surface area (Å²) < 4.78 is 3.98. The minimum Gasteiger partial charge on any atom is -0.328 e. The summed E-state index contributed by atoms with van der Waals surface area (Å²) in [5.41, 5.74) is 3.42. The average Bonchev–Trinajstić information content (AvgIpc) is 3.00. The third kappa shape index (κ3) is 4.25. The van der Waals surface area contributed by atoms with Crippen molar-refractivity contribution < 1.29 is 4.79 Å². The van der Waals surface area contributed by atoms with E-state index >= 15 is 0 Å². The van der Waals surface area contributed by atoms with E-state index in [0.29, 0.717) is 17.3 Å². The normalized spacial score (nSPS) is 11.0. The Morgan fingerprint density at radius 1 is 1.18 bits per heavy atom. The van der Waals surface area contributed by atoms with Crippen molar-refractivity contribution in [2.75, 3.05) is 12.0 Å². The van der Waals surface area contributed by atoms with Crippen LogP contribution in [0.3, 0.4) is 0 Å². The fourth-order valence-electron chi connectivity index (χ4n) is 3.17. The van der Waals surface area contributed by atoms with Gasteiger partial charge in [-0.05, 0) is 51.3 Å². The van der Waals surface area contributed by atoms with Gasteiger partial charge < -0.3 is 9.13 Å². The second-order valence-electron chi connectivity index (χ2n) is 6.37. The van der Waals surface area contributed by atoms with Crippen LogP contribution in [0.2, 0.25) is 0 Å². The van der Waals surface area contributed by atoms with Crippen LogP contribution in [0.25, 0.3) is 5.69 Å². The van der Waals surface area contributed by atoms with Gasteiger partial charge in [0.2, 0.25) is 0 Å². The maximum absolute atomic E-state index is 12.9. The Bertz CT molecular complexity index is 1070. The molecule has 0 amide bonds. The summed E-state index contributed by atoms with van der Waals surface area (Å²) in [6.45, 7) is 6.66. The van der Waals surface area contributed by atoms with Crippen LogP contribution < -0.4 is 5.56 Å². The highest BCUT2D eigenvalue weighted by atomic mass is 32.2. The fourth-order valence-corrected chi connectivity index (χ4v) is 4.55. The number of hydrogen-bond donors (Lipinski definition) is 0. The van der Waals surface area contributed by atoms with Crippen LogP contribution in [-0.2, 0) is 6.54 Å². The molecule has 146 valence electrons. The highest BCUT2D eigenvalue weighted by Gasteiger charge is 2.18. The molecule has 3 rings (SSSR count). The molecule has 0 N–H and O–H groups in total. The van der Waals surface area contributed by atoms with E-state index in [1.807, 2.05) is 43.7 Å². The zero-order valence-electron chi connectivity index (χ0n) is 16.4. The number of benzene rings is 1. The number of carbonyl (C=O) groups is 1. The predicted octanol–water partition coefficient (Wildman–Crippen LogP) is 4.37. The number of thioether (sulfide) groups is 2. The van der Waals surface area contributed by atoms with Gasteiger partial charge in [0.1, 0.15) is 0 Å². The van der Waals surface area contributed by atoms with E-state index in [1.165, 1.54) is 22.7 Å². The molecule has 0 saturated carbocycles. The average molecular weight is 414 g/mol. The Kier molecular flexibility index (Phi) is 6.46. The monoisotopic (exact) mass is 413 g/mol. The molecule has 0 bridgehead atoms. The van der Waals surface area contributed by atoms with Gasteiger partial charge in [-0.25, -0.2) is 0 Å². The number of aryl methyl sites for hydroxylation is 2. The summed E-state index contributed by atoms with van der Waals surface area (Å²) in [5, 5.41) is 0.574. The van der Waals surface area contributed by atoms with E-state index < -0.39 is 0 Å². The van der Waals surface area contributed by atoms with Gasteiger partial charge in [-0.1, -0.05) is 17.8 Å². The van der Waals surface area contributed by atoms with Gasteiger partial charge in [0.25, 0.3) is 5.56 Å². The second kappa shape index (κ2) is 8.84.